The number of nitrogens with one attached hydrogen (secondary N) is 1. The van der Waals surface area contributed by atoms with Gasteiger partial charge in [0.2, 0.25) is 5.82 Å². The van der Waals surface area contributed by atoms with Crippen LogP contribution in [0.2, 0.25) is 0 Å². The van der Waals surface area contributed by atoms with Gasteiger partial charge in [0.25, 0.3) is 0 Å². The number of alkyl halides is 3. The normalized spacial score (nSPS) is 23.6. The van der Waals surface area contributed by atoms with E-state index in [9.17, 15) is 13.2 Å². The molecule has 2 aliphatic rings. The zero-order valence-electron chi connectivity index (χ0n) is 11.2. The van der Waals surface area contributed by atoms with Crippen LogP contribution in [0.5, 0.6) is 0 Å². The molecule has 1 N–H and O–H groups in total. The van der Waals surface area contributed by atoms with Crippen molar-refractivity contribution in [1.82, 2.24) is 14.9 Å². The summed E-state index contributed by atoms with van der Waals surface area (Å²) >= 11 is 0. The lowest BCUT2D eigenvalue weighted by molar-refractivity contribution is -0.147. The molecule has 7 heteroatoms. The third kappa shape index (κ3) is 2.69. The molecule has 0 amide bonds. The van der Waals surface area contributed by atoms with E-state index < -0.39 is 12.0 Å². The minimum atomic E-state index is -4.40. The average Bonchev–Trinajstić information content (AvgIpc) is 2.79. The van der Waals surface area contributed by atoms with Crippen LogP contribution in [-0.2, 0) is 30.4 Å². The molecule has 1 saturated heterocycles. The van der Waals surface area contributed by atoms with Gasteiger partial charge in [-0.15, -0.1) is 0 Å². The third-order valence-electron chi connectivity index (χ3n) is 3.94. The van der Waals surface area contributed by atoms with E-state index in [1.54, 1.807) is 0 Å². The Morgan fingerprint density at radius 2 is 2.25 bits per heavy atom. The first-order valence-corrected chi connectivity index (χ1v) is 6.99. The maximum Gasteiger partial charge on any atom is 0.449 e. The van der Waals surface area contributed by atoms with E-state index in [1.165, 1.54) is 4.57 Å². The zero-order valence-corrected chi connectivity index (χ0v) is 11.2. The Balaban J connectivity index is 1.91. The number of hydrogen-bond acceptors (Lipinski definition) is 3. The molecule has 1 unspecified atom stereocenters. The first-order valence-electron chi connectivity index (χ1n) is 6.99. The summed E-state index contributed by atoms with van der Waals surface area (Å²) in [6.07, 6.45) is -1.95. The Bertz CT molecular complexity index is 478. The van der Waals surface area contributed by atoms with Crippen molar-refractivity contribution in [2.24, 2.45) is 5.92 Å². The van der Waals surface area contributed by atoms with Crippen molar-refractivity contribution in [2.45, 2.75) is 38.5 Å². The molecule has 1 aromatic heterocycles. The van der Waals surface area contributed by atoms with E-state index in [2.05, 4.69) is 10.3 Å². The molecule has 2 aliphatic heterocycles. The lowest BCUT2D eigenvalue weighted by Crippen LogP contribution is -2.28. The number of nitrogens with zero attached hydrogens (tertiary/aromatic N) is 2. The molecule has 4 nitrogen and oxygen atoms in total. The molecule has 3 heterocycles. The number of rotatable bonds is 2. The smallest absolute Gasteiger partial charge is 0.381 e. The molecule has 0 radical (unpaired) electrons. The van der Waals surface area contributed by atoms with E-state index in [0.29, 0.717) is 45.0 Å². The SMILES string of the molecule is FC(F)(F)c1nc2c(n1CC1CCCOC1)CCNC2. The summed E-state index contributed by atoms with van der Waals surface area (Å²) < 4.78 is 46.2. The number of ether oxygens (including phenoxy) is 1. The molecule has 20 heavy (non-hydrogen) atoms. The Labute approximate surface area is 115 Å². The molecule has 1 atom stereocenters. The van der Waals surface area contributed by atoms with Gasteiger partial charge >= 0.3 is 6.18 Å². The summed E-state index contributed by atoms with van der Waals surface area (Å²) in [5.74, 6) is -0.602. The van der Waals surface area contributed by atoms with Crippen LogP contribution in [0.25, 0.3) is 0 Å². The Morgan fingerprint density at radius 3 is 2.95 bits per heavy atom. The van der Waals surface area contributed by atoms with Gasteiger partial charge in [-0.2, -0.15) is 13.2 Å². The fourth-order valence-electron chi connectivity index (χ4n) is 2.99. The molecule has 1 aromatic rings. The van der Waals surface area contributed by atoms with Crippen molar-refractivity contribution < 1.29 is 17.9 Å². The highest BCUT2D eigenvalue weighted by molar-refractivity contribution is 5.21. The van der Waals surface area contributed by atoms with Crippen molar-refractivity contribution in [3.63, 3.8) is 0 Å². The van der Waals surface area contributed by atoms with Gasteiger partial charge in [-0.3, -0.25) is 0 Å². The predicted molar refractivity (Wildman–Crippen MR) is 66.2 cm³/mol. The van der Waals surface area contributed by atoms with Gasteiger partial charge in [-0.05, 0) is 12.8 Å². The van der Waals surface area contributed by atoms with E-state index in [0.717, 1.165) is 18.5 Å². The van der Waals surface area contributed by atoms with Crippen LogP contribution in [0.3, 0.4) is 0 Å². The molecule has 3 rings (SSSR count). The second-order valence-corrected chi connectivity index (χ2v) is 5.45. The predicted octanol–water partition coefficient (Wildman–Crippen LogP) is 1.97. The van der Waals surface area contributed by atoms with Gasteiger partial charge in [-0.25, -0.2) is 4.98 Å². The highest BCUT2D eigenvalue weighted by atomic mass is 19.4. The largest absolute Gasteiger partial charge is 0.449 e. The van der Waals surface area contributed by atoms with Crippen molar-refractivity contribution in [2.75, 3.05) is 19.8 Å². The molecule has 0 aromatic carbocycles. The fraction of sp³-hybridized carbons (Fsp3) is 0.769. The van der Waals surface area contributed by atoms with E-state index >= 15 is 0 Å². The van der Waals surface area contributed by atoms with Gasteiger partial charge in [-0.1, -0.05) is 0 Å². The molecule has 0 spiro atoms. The van der Waals surface area contributed by atoms with Gasteiger partial charge < -0.3 is 14.6 Å². The van der Waals surface area contributed by atoms with Crippen LogP contribution in [0.4, 0.5) is 13.2 Å². The average molecular weight is 289 g/mol. The fourth-order valence-corrected chi connectivity index (χ4v) is 2.99. The highest BCUT2D eigenvalue weighted by Gasteiger charge is 2.39. The molecule has 112 valence electrons. The van der Waals surface area contributed by atoms with E-state index in [-0.39, 0.29) is 5.92 Å². The minimum absolute atomic E-state index is 0.151. The first kappa shape index (κ1) is 13.9. The third-order valence-corrected chi connectivity index (χ3v) is 3.94. The number of halogens is 3. The van der Waals surface area contributed by atoms with Crippen molar-refractivity contribution in [1.29, 1.82) is 0 Å². The Kier molecular flexibility index (Phi) is 3.72. The van der Waals surface area contributed by atoms with Gasteiger partial charge in [0.05, 0.1) is 12.3 Å². The van der Waals surface area contributed by atoms with Crippen molar-refractivity contribution >= 4 is 0 Å². The van der Waals surface area contributed by atoms with Crippen LogP contribution >= 0.6 is 0 Å². The summed E-state index contributed by atoms with van der Waals surface area (Å²) in [7, 11) is 0. The molecule has 0 saturated carbocycles. The topological polar surface area (TPSA) is 39.1 Å². The summed E-state index contributed by atoms with van der Waals surface area (Å²) in [6.45, 7) is 2.75. The maximum absolute atomic E-state index is 13.2. The monoisotopic (exact) mass is 289 g/mol. The number of aromatic nitrogens is 2. The zero-order chi connectivity index (χ0) is 14.2. The quantitative estimate of drug-likeness (QED) is 0.905. The molecule has 0 bridgehead atoms. The maximum atomic E-state index is 13.2. The van der Waals surface area contributed by atoms with Crippen molar-refractivity contribution in [3.8, 4) is 0 Å². The van der Waals surface area contributed by atoms with Gasteiger partial charge in [0.1, 0.15) is 0 Å². The van der Waals surface area contributed by atoms with Crippen LogP contribution in [0, 0.1) is 5.92 Å². The molecule has 0 aliphatic carbocycles. The van der Waals surface area contributed by atoms with E-state index in [1.807, 2.05) is 0 Å². The van der Waals surface area contributed by atoms with Crippen LogP contribution in [0.15, 0.2) is 0 Å². The van der Waals surface area contributed by atoms with Crippen LogP contribution in [0.1, 0.15) is 30.1 Å². The van der Waals surface area contributed by atoms with Gasteiger partial charge in [0, 0.05) is 44.3 Å². The Hall–Kier alpha value is -1.08. The number of imidazole rings is 1. The first-order chi connectivity index (χ1) is 9.55. The molecule has 1 fully saturated rings. The molecular formula is C13H18F3N3O. The summed E-state index contributed by atoms with van der Waals surface area (Å²) in [6, 6.07) is 0. The van der Waals surface area contributed by atoms with Gasteiger partial charge in [0.15, 0.2) is 0 Å². The van der Waals surface area contributed by atoms with Crippen LogP contribution in [-0.4, -0.2) is 29.3 Å². The summed E-state index contributed by atoms with van der Waals surface area (Å²) in [5, 5.41) is 3.07. The second kappa shape index (κ2) is 5.37. The second-order valence-electron chi connectivity index (χ2n) is 5.45. The summed E-state index contributed by atoms with van der Waals surface area (Å²) in [4.78, 5) is 3.82. The molecular weight excluding hydrogens is 271 g/mol. The van der Waals surface area contributed by atoms with E-state index in [4.69, 9.17) is 4.74 Å². The number of fused-ring (bicyclic) bond motifs is 1. The minimum Gasteiger partial charge on any atom is -0.381 e. The van der Waals surface area contributed by atoms with Crippen LogP contribution < -0.4 is 5.32 Å². The Morgan fingerprint density at radius 1 is 1.40 bits per heavy atom. The summed E-state index contributed by atoms with van der Waals surface area (Å²) in [5.41, 5.74) is 1.28. The lowest BCUT2D eigenvalue weighted by atomic mass is 10.0. The standard InChI is InChI=1S/C13H18F3N3O/c14-13(15,16)12-18-10-6-17-4-3-11(10)19(12)7-9-2-1-5-20-8-9/h9,17H,1-8H2. The number of hydrogen-bond donors (Lipinski definition) is 1. The lowest BCUT2D eigenvalue weighted by Gasteiger charge is -2.25. The highest BCUT2D eigenvalue weighted by Crippen LogP contribution is 2.32. The van der Waals surface area contributed by atoms with Crippen molar-refractivity contribution in [3.05, 3.63) is 17.2 Å².